The first-order chi connectivity index (χ1) is 9.36. The minimum absolute atomic E-state index is 0.328. The number of nitrogens with one attached hydrogen (secondary N) is 1. The number of carboxylic acid groups (broad SMARTS) is 1. The molecule has 5 nitrogen and oxygen atoms in total. The van der Waals surface area contributed by atoms with Crippen molar-refractivity contribution < 1.29 is 27.1 Å². The quantitative estimate of drug-likeness (QED) is 0.833. The predicted octanol–water partition coefficient (Wildman–Crippen LogP) is 2.50. The zero-order valence-corrected chi connectivity index (χ0v) is 13.8. The molecule has 0 bridgehead atoms. The van der Waals surface area contributed by atoms with E-state index in [2.05, 4.69) is 15.9 Å². The molecule has 0 aliphatic rings. The lowest BCUT2D eigenvalue weighted by molar-refractivity contribution is -0.141. The highest BCUT2D eigenvalue weighted by Gasteiger charge is 2.37. The first kappa shape index (κ1) is 18.0. The van der Waals surface area contributed by atoms with E-state index in [9.17, 15) is 22.0 Å². The van der Waals surface area contributed by atoms with E-state index in [-0.39, 0.29) is 4.47 Å². The summed E-state index contributed by atoms with van der Waals surface area (Å²) in [6, 6.07) is -0.282. The summed E-state index contributed by atoms with van der Waals surface area (Å²) in [5.74, 6) is -3.67. The number of hydrogen-bond donors (Lipinski definition) is 2. The van der Waals surface area contributed by atoms with E-state index < -0.39 is 44.0 Å². The fraction of sp³-hybridized carbons (Fsp3) is 0.417. The second-order valence-corrected chi connectivity index (χ2v) is 7.96. The Balaban J connectivity index is 3.33. The maximum Gasteiger partial charge on any atom is 0.322 e. The molecule has 21 heavy (non-hydrogen) atoms. The lowest BCUT2D eigenvalue weighted by Crippen LogP contribution is -2.49. The molecule has 2 N–H and O–H groups in total. The molecule has 1 atom stereocenters. The van der Waals surface area contributed by atoms with E-state index in [4.69, 9.17) is 5.11 Å². The van der Waals surface area contributed by atoms with Gasteiger partial charge in [0.1, 0.15) is 22.6 Å². The van der Waals surface area contributed by atoms with Crippen LogP contribution in [0.25, 0.3) is 0 Å². The summed E-state index contributed by atoms with van der Waals surface area (Å²) in [5.41, 5.74) is -0.943. The van der Waals surface area contributed by atoms with Gasteiger partial charge < -0.3 is 5.11 Å². The van der Waals surface area contributed by atoms with Crippen LogP contribution in [-0.2, 0) is 14.8 Å². The molecule has 0 unspecified atom stereocenters. The molecule has 1 aromatic carbocycles. The smallest absolute Gasteiger partial charge is 0.322 e. The fourth-order valence-electron chi connectivity index (χ4n) is 1.60. The van der Waals surface area contributed by atoms with Gasteiger partial charge in [0, 0.05) is 10.5 Å². The Morgan fingerprint density at radius 3 is 2.24 bits per heavy atom. The molecule has 0 heterocycles. The zero-order chi connectivity index (χ0) is 16.6. The average Bonchev–Trinajstić information content (AvgIpc) is 2.21. The molecule has 0 fully saturated rings. The number of rotatable bonds is 4. The van der Waals surface area contributed by atoms with E-state index in [1.165, 1.54) is 20.8 Å². The minimum Gasteiger partial charge on any atom is -0.480 e. The van der Waals surface area contributed by atoms with Gasteiger partial charge in [-0.05, 0) is 27.4 Å². The lowest BCUT2D eigenvalue weighted by atomic mass is 9.88. The number of halogens is 3. The van der Waals surface area contributed by atoms with Crippen LogP contribution in [-0.4, -0.2) is 25.5 Å². The molecule has 118 valence electrons. The molecular weight excluding hydrogens is 372 g/mol. The first-order valence-electron chi connectivity index (χ1n) is 5.76. The average molecular weight is 386 g/mol. The molecule has 0 aliphatic carbocycles. The topological polar surface area (TPSA) is 83.5 Å². The Morgan fingerprint density at radius 1 is 1.33 bits per heavy atom. The van der Waals surface area contributed by atoms with Crippen LogP contribution in [0.2, 0.25) is 0 Å². The number of carboxylic acids is 1. The van der Waals surface area contributed by atoms with E-state index in [1.807, 2.05) is 4.72 Å². The van der Waals surface area contributed by atoms with Gasteiger partial charge in [0.15, 0.2) is 0 Å². The highest BCUT2D eigenvalue weighted by Crippen LogP contribution is 2.28. The van der Waals surface area contributed by atoms with Crippen molar-refractivity contribution in [3.63, 3.8) is 0 Å². The second kappa shape index (κ2) is 5.98. The molecule has 0 spiro atoms. The summed E-state index contributed by atoms with van der Waals surface area (Å²) >= 11 is 2.76. The fourth-order valence-corrected chi connectivity index (χ4v) is 4.16. The molecule has 0 aliphatic heterocycles. The van der Waals surface area contributed by atoms with Crippen molar-refractivity contribution in [1.29, 1.82) is 0 Å². The minimum atomic E-state index is -4.49. The van der Waals surface area contributed by atoms with Gasteiger partial charge in [0.05, 0.1) is 0 Å². The van der Waals surface area contributed by atoms with Crippen LogP contribution in [0.3, 0.4) is 0 Å². The highest BCUT2D eigenvalue weighted by molar-refractivity contribution is 9.10. The molecule has 0 radical (unpaired) electrons. The molecule has 1 aromatic rings. The number of aliphatic carboxylic acids is 1. The molecule has 0 saturated carbocycles. The largest absolute Gasteiger partial charge is 0.480 e. The monoisotopic (exact) mass is 385 g/mol. The standard InChI is InChI=1S/C12H14BrF2NO4S/c1-12(2,3)10(11(17)18)16-21(19,20)9-7(13)4-6(14)5-8(9)15/h4-5,10,16H,1-3H3,(H,17,18)/t10-/m0/s1. The summed E-state index contributed by atoms with van der Waals surface area (Å²) in [5, 5.41) is 9.11. The Morgan fingerprint density at radius 2 is 1.86 bits per heavy atom. The predicted molar refractivity (Wildman–Crippen MR) is 75.3 cm³/mol. The zero-order valence-electron chi connectivity index (χ0n) is 11.4. The van der Waals surface area contributed by atoms with Crippen molar-refractivity contribution in [2.75, 3.05) is 0 Å². The molecule has 0 aromatic heterocycles. The Kier molecular flexibility index (Phi) is 5.12. The van der Waals surface area contributed by atoms with Crippen LogP contribution < -0.4 is 4.72 Å². The molecule has 0 amide bonds. The first-order valence-corrected chi connectivity index (χ1v) is 8.03. The maximum atomic E-state index is 13.7. The maximum absolute atomic E-state index is 13.7. The van der Waals surface area contributed by atoms with Crippen LogP contribution in [0.4, 0.5) is 8.78 Å². The second-order valence-electron chi connectivity index (χ2n) is 5.46. The van der Waals surface area contributed by atoms with Crippen molar-refractivity contribution in [2.45, 2.75) is 31.7 Å². The van der Waals surface area contributed by atoms with Crippen LogP contribution in [0.5, 0.6) is 0 Å². The van der Waals surface area contributed by atoms with Gasteiger partial charge in [0.2, 0.25) is 10.0 Å². The van der Waals surface area contributed by atoms with Gasteiger partial charge in [-0.2, -0.15) is 4.72 Å². The van der Waals surface area contributed by atoms with E-state index >= 15 is 0 Å². The summed E-state index contributed by atoms with van der Waals surface area (Å²) in [7, 11) is -4.49. The third kappa shape index (κ3) is 4.21. The number of hydrogen-bond acceptors (Lipinski definition) is 3. The lowest BCUT2D eigenvalue weighted by Gasteiger charge is -2.27. The summed E-state index contributed by atoms with van der Waals surface area (Å²) in [4.78, 5) is 10.4. The third-order valence-corrected chi connectivity index (χ3v) is 5.00. The summed E-state index contributed by atoms with van der Waals surface area (Å²) < 4.78 is 52.7. The van der Waals surface area contributed by atoms with Crippen molar-refractivity contribution in [2.24, 2.45) is 5.41 Å². The Hall–Kier alpha value is -1.06. The van der Waals surface area contributed by atoms with E-state index in [0.717, 1.165) is 6.07 Å². The number of benzene rings is 1. The SMILES string of the molecule is CC(C)(C)[C@@H](NS(=O)(=O)c1c(F)cc(F)cc1Br)C(=O)O. The van der Waals surface area contributed by atoms with Gasteiger partial charge in [-0.3, -0.25) is 4.79 Å². The van der Waals surface area contributed by atoms with Crippen LogP contribution in [0.1, 0.15) is 20.8 Å². The van der Waals surface area contributed by atoms with Crippen LogP contribution in [0.15, 0.2) is 21.5 Å². The molecule has 9 heteroatoms. The van der Waals surface area contributed by atoms with Gasteiger partial charge in [-0.15, -0.1) is 0 Å². The highest BCUT2D eigenvalue weighted by atomic mass is 79.9. The molecule has 1 rings (SSSR count). The number of carbonyl (C=O) groups is 1. The molecule has 0 saturated heterocycles. The van der Waals surface area contributed by atoms with Crippen LogP contribution >= 0.6 is 15.9 Å². The number of sulfonamides is 1. The van der Waals surface area contributed by atoms with Gasteiger partial charge in [0.25, 0.3) is 0 Å². The van der Waals surface area contributed by atoms with Crippen molar-refractivity contribution in [1.82, 2.24) is 4.72 Å². The van der Waals surface area contributed by atoms with Crippen molar-refractivity contribution >= 4 is 31.9 Å². The van der Waals surface area contributed by atoms with E-state index in [0.29, 0.717) is 6.07 Å². The Labute approximate surface area is 129 Å². The summed E-state index contributed by atoms with van der Waals surface area (Å²) in [6.07, 6.45) is 0. The third-order valence-electron chi connectivity index (χ3n) is 2.62. The molecular formula is C12H14BrF2NO4S. The Bertz CT molecular complexity index is 647. The van der Waals surface area contributed by atoms with Gasteiger partial charge in [-0.1, -0.05) is 20.8 Å². The summed E-state index contributed by atoms with van der Waals surface area (Å²) in [6.45, 7) is 4.55. The van der Waals surface area contributed by atoms with Gasteiger partial charge >= 0.3 is 5.97 Å². The van der Waals surface area contributed by atoms with Crippen LogP contribution in [0, 0.1) is 17.0 Å². The normalized spacial score (nSPS) is 14.0. The van der Waals surface area contributed by atoms with E-state index in [1.54, 1.807) is 0 Å². The van der Waals surface area contributed by atoms with Crippen molar-refractivity contribution in [3.8, 4) is 0 Å². The van der Waals surface area contributed by atoms with Gasteiger partial charge in [-0.25, -0.2) is 17.2 Å². The van der Waals surface area contributed by atoms with Crippen molar-refractivity contribution in [3.05, 3.63) is 28.2 Å².